The van der Waals surface area contributed by atoms with Crippen LogP contribution in [-0.4, -0.2) is 10.7 Å². The summed E-state index contributed by atoms with van der Waals surface area (Å²) >= 11 is 3.29. The Morgan fingerprint density at radius 1 is 1.00 bits per heavy atom. The molecule has 1 nitrogen and oxygen atoms in total. The van der Waals surface area contributed by atoms with E-state index in [0.717, 1.165) is 11.1 Å². The first-order valence-electron chi connectivity index (χ1n) is 6.26. The van der Waals surface area contributed by atoms with E-state index in [1.54, 1.807) is 25.1 Å². The molecule has 1 atom stereocenters. The van der Waals surface area contributed by atoms with Gasteiger partial charge in [0.25, 0.3) is 0 Å². The second kappa shape index (κ2) is 6.02. The van der Waals surface area contributed by atoms with Crippen molar-refractivity contribution in [1.29, 1.82) is 0 Å². The number of benzene rings is 2. The number of rotatable bonds is 4. The van der Waals surface area contributed by atoms with Crippen LogP contribution in [0.4, 0.5) is 8.78 Å². The lowest BCUT2D eigenvalue weighted by atomic mass is 9.90. The van der Waals surface area contributed by atoms with Crippen LogP contribution in [0.1, 0.15) is 18.1 Å². The lowest BCUT2D eigenvalue weighted by molar-refractivity contribution is 0.0606. The number of hydrogen-bond acceptors (Lipinski definition) is 1. The lowest BCUT2D eigenvalue weighted by Gasteiger charge is -2.24. The van der Waals surface area contributed by atoms with Crippen molar-refractivity contribution >= 4 is 15.9 Å². The molecule has 0 aliphatic carbocycles. The molecule has 0 bridgehead atoms. The molecule has 0 saturated heterocycles. The first-order valence-corrected chi connectivity index (χ1v) is 7.06. The molecule has 2 aromatic rings. The summed E-state index contributed by atoms with van der Waals surface area (Å²) < 4.78 is 26.5. The van der Waals surface area contributed by atoms with Crippen molar-refractivity contribution in [3.63, 3.8) is 0 Å². The van der Waals surface area contributed by atoms with Crippen molar-refractivity contribution in [3.05, 3.63) is 69.7 Å². The Hall–Kier alpha value is -1.26. The lowest BCUT2D eigenvalue weighted by Crippen LogP contribution is -2.30. The van der Waals surface area contributed by atoms with Gasteiger partial charge in [0.15, 0.2) is 0 Å². The highest BCUT2D eigenvalue weighted by Gasteiger charge is 2.22. The zero-order chi connectivity index (χ0) is 14.8. The zero-order valence-electron chi connectivity index (χ0n) is 11.0. The van der Waals surface area contributed by atoms with Gasteiger partial charge in [-0.25, -0.2) is 8.78 Å². The van der Waals surface area contributed by atoms with Crippen LogP contribution in [0.3, 0.4) is 0 Å². The van der Waals surface area contributed by atoms with Gasteiger partial charge in [-0.15, -0.1) is 0 Å². The summed E-state index contributed by atoms with van der Waals surface area (Å²) in [6.07, 6.45) is 0.780. The van der Waals surface area contributed by atoms with Gasteiger partial charge >= 0.3 is 0 Å². The van der Waals surface area contributed by atoms with Gasteiger partial charge in [-0.05, 0) is 42.3 Å². The maximum absolute atomic E-state index is 13.0. The third-order valence-corrected chi connectivity index (χ3v) is 3.82. The van der Waals surface area contributed by atoms with Gasteiger partial charge < -0.3 is 5.11 Å². The Morgan fingerprint density at radius 2 is 1.60 bits per heavy atom. The maximum Gasteiger partial charge on any atom is 0.124 e. The minimum atomic E-state index is -0.988. The fourth-order valence-electron chi connectivity index (χ4n) is 2.18. The molecule has 106 valence electrons. The highest BCUT2D eigenvalue weighted by atomic mass is 79.9. The molecule has 1 N–H and O–H groups in total. The molecular formula is C16H15BrF2O. The van der Waals surface area contributed by atoms with Crippen LogP contribution in [0.5, 0.6) is 0 Å². The predicted molar refractivity (Wildman–Crippen MR) is 78.5 cm³/mol. The summed E-state index contributed by atoms with van der Waals surface area (Å²) in [7, 11) is 0. The molecule has 2 aromatic carbocycles. The van der Waals surface area contributed by atoms with Gasteiger partial charge in [0.1, 0.15) is 11.6 Å². The van der Waals surface area contributed by atoms with Crippen LogP contribution in [0.15, 0.2) is 46.9 Å². The summed E-state index contributed by atoms with van der Waals surface area (Å²) in [6.45, 7) is 1.71. The van der Waals surface area contributed by atoms with Crippen LogP contribution in [0.25, 0.3) is 0 Å². The summed E-state index contributed by atoms with van der Waals surface area (Å²) in [5.41, 5.74) is 0.700. The molecule has 20 heavy (non-hydrogen) atoms. The summed E-state index contributed by atoms with van der Waals surface area (Å²) in [6, 6.07) is 10.5. The fraction of sp³-hybridized carbons (Fsp3) is 0.250. The Morgan fingerprint density at radius 3 is 2.20 bits per heavy atom. The van der Waals surface area contributed by atoms with E-state index in [1.165, 1.54) is 24.3 Å². The summed E-state index contributed by atoms with van der Waals surface area (Å²) in [5, 5.41) is 10.5. The van der Waals surface area contributed by atoms with E-state index < -0.39 is 5.60 Å². The molecule has 2 rings (SSSR count). The van der Waals surface area contributed by atoms with Gasteiger partial charge in [-0.2, -0.15) is 0 Å². The minimum absolute atomic E-state index is 0.297. The van der Waals surface area contributed by atoms with E-state index in [0.29, 0.717) is 17.3 Å². The molecule has 0 aliphatic rings. The number of halogens is 3. The standard InChI is InChI=1S/C16H15BrF2O/c1-16(20,9-11-2-5-13(18)6-3-11)10-12-4-7-14(19)8-15(12)17/h2-8,20H,9-10H2,1H3. The molecule has 0 aliphatic heterocycles. The molecule has 0 fully saturated rings. The van der Waals surface area contributed by atoms with Crippen LogP contribution in [0, 0.1) is 11.6 Å². The minimum Gasteiger partial charge on any atom is -0.389 e. The smallest absolute Gasteiger partial charge is 0.124 e. The van der Waals surface area contributed by atoms with Crippen molar-refractivity contribution < 1.29 is 13.9 Å². The fourth-order valence-corrected chi connectivity index (χ4v) is 2.67. The monoisotopic (exact) mass is 340 g/mol. The van der Waals surface area contributed by atoms with Crippen LogP contribution in [0.2, 0.25) is 0 Å². The topological polar surface area (TPSA) is 20.2 Å². The highest BCUT2D eigenvalue weighted by Crippen LogP contribution is 2.25. The summed E-state index contributed by atoms with van der Waals surface area (Å²) in [4.78, 5) is 0. The van der Waals surface area contributed by atoms with Crippen molar-refractivity contribution in [2.75, 3.05) is 0 Å². The first-order chi connectivity index (χ1) is 9.35. The van der Waals surface area contributed by atoms with Crippen molar-refractivity contribution in [3.8, 4) is 0 Å². The van der Waals surface area contributed by atoms with E-state index in [4.69, 9.17) is 0 Å². The molecule has 0 aromatic heterocycles. The Kier molecular flexibility index (Phi) is 4.55. The molecule has 0 spiro atoms. The van der Waals surface area contributed by atoms with E-state index in [2.05, 4.69) is 15.9 Å². The molecule has 1 unspecified atom stereocenters. The van der Waals surface area contributed by atoms with E-state index in [-0.39, 0.29) is 11.6 Å². The zero-order valence-corrected chi connectivity index (χ0v) is 12.6. The maximum atomic E-state index is 13.0. The average Bonchev–Trinajstić information content (AvgIpc) is 2.35. The van der Waals surface area contributed by atoms with Crippen LogP contribution >= 0.6 is 15.9 Å². The van der Waals surface area contributed by atoms with Gasteiger partial charge in [0, 0.05) is 17.3 Å². The van der Waals surface area contributed by atoms with Gasteiger partial charge in [-0.3, -0.25) is 0 Å². The average molecular weight is 341 g/mol. The molecule has 0 saturated carbocycles. The quantitative estimate of drug-likeness (QED) is 0.881. The van der Waals surface area contributed by atoms with Crippen molar-refractivity contribution in [1.82, 2.24) is 0 Å². The van der Waals surface area contributed by atoms with Crippen molar-refractivity contribution in [2.45, 2.75) is 25.4 Å². The molecule has 0 heterocycles. The second-order valence-corrected chi connectivity index (χ2v) is 6.07. The summed E-state index contributed by atoms with van der Waals surface area (Å²) in [5.74, 6) is -0.617. The van der Waals surface area contributed by atoms with Crippen LogP contribution in [-0.2, 0) is 12.8 Å². The van der Waals surface area contributed by atoms with E-state index in [1.807, 2.05) is 0 Å². The third kappa shape index (κ3) is 4.12. The second-order valence-electron chi connectivity index (χ2n) is 5.21. The van der Waals surface area contributed by atoms with Gasteiger partial charge in [0.05, 0.1) is 5.60 Å². The Balaban J connectivity index is 2.12. The number of aliphatic hydroxyl groups is 1. The molecular weight excluding hydrogens is 326 g/mol. The highest BCUT2D eigenvalue weighted by molar-refractivity contribution is 9.10. The van der Waals surface area contributed by atoms with E-state index in [9.17, 15) is 13.9 Å². The largest absolute Gasteiger partial charge is 0.389 e. The normalized spacial score (nSPS) is 14.1. The Labute approximate surface area is 125 Å². The first kappa shape index (κ1) is 15.1. The predicted octanol–water partition coefficient (Wildman–Crippen LogP) is 4.26. The Bertz CT molecular complexity index is 594. The molecule has 4 heteroatoms. The van der Waals surface area contributed by atoms with Gasteiger partial charge in [0.2, 0.25) is 0 Å². The van der Waals surface area contributed by atoms with Crippen LogP contribution < -0.4 is 0 Å². The van der Waals surface area contributed by atoms with Crippen molar-refractivity contribution in [2.24, 2.45) is 0 Å². The SMILES string of the molecule is CC(O)(Cc1ccc(F)cc1)Cc1ccc(F)cc1Br. The molecule has 0 radical (unpaired) electrons. The van der Waals surface area contributed by atoms with E-state index >= 15 is 0 Å². The molecule has 0 amide bonds. The third-order valence-electron chi connectivity index (χ3n) is 3.08. The van der Waals surface area contributed by atoms with Gasteiger partial charge in [-0.1, -0.05) is 34.1 Å². The number of hydrogen-bond donors (Lipinski definition) is 1.